The Morgan fingerprint density at radius 3 is 1.46 bits per heavy atom. The second-order valence-corrected chi connectivity index (χ2v) is 14.1. The summed E-state index contributed by atoms with van der Waals surface area (Å²) in [6, 6.07) is -0.0399. The molecular formula is C39H76N2O5. The molecule has 0 aromatic carbocycles. The van der Waals surface area contributed by atoms with E-state index in [1.165, 1.54) is 141 Å². The largest absolute Gasteiger partial charge is 0.465 e. The van der Waals surface area contributed by atoms with Crippen LogP contribution in [0.4, 0.5) is 4.79 Å². The highest BCUT2D eigenvalue weighted by Gasteiger charge is 2.27. The van der Waals surface area contributed by atoms with E-state index in [-0.39, 0.29) is 24.0 Å². The Labute approximate surface area is 284 Å². The van der Waals surface area contributed by atoms with Crippen LogP contribution in [0.3, 0.4) is 0 Å². The number of ether oxygens (including phenoxy) is 2. The first kappa shape index (κ1) is 42.7. The minimum absolute atomic E-state index is 0.0399. The molecule has 0 aliphatic heterocycles. The van der Waals surface area contributed by atoms with Crippen molar-refractivity contribution in [1.29, 1.82) is 0 Å². The van der Waals surface area contributed by atoms with E-state index in [0.717, 1.165) is 32.3 Å². The zero-order valence-corrected chi connectivity index (χ0v) is 30.4. The van der Waals surface area contributed by atoms with E-state index in [2.05, 4.69) is 24.5 Å². The maximum atomic E-state index is 12.9. The molecule has 7 nitrogen and oxygen atoms in total. The Morgan fingerprint density at radius 1 is 0.609 bits per heavy atom. The fourth-order valence-electron chi connectivity index (χ4n) is 6.65. The maximum Gasteiger partial charge on any atom is 0.404 e. The van der Waals surface area contributed by atoms with Crippen LogP contribution in [0.2, 0.25) is 0 Å². The third-order valence-corrected chi connectivity index (χ3v) is 9.73. The van der Waals surface area contributed by atoms with Crippen molar-refractivity contribution in [1.82, 2.24) is 10.6 Å². The minimum atomic E-state index is -0.982. The topological polar surface area (TPSA) is 96.9 Å². The predicted molar refractivity (Wildman–Crippen MR) is 193 cm³/mol. The van der Waals surface area contributed by atoms with Crippen molar-refractivity contribution in [2.75, 3.05) is 26.4 Å². The number of unbranched alkanes of at least 4 members (excludes halogenated alkanes) is 22. The van der Waals surface area contributed by atoms with Gasteiger partial charge < -0.3 is 25.2 Å². The molecule has 0 radical (unpaired) electrons. The van der Waals surface area contributed by atoms with Crippen LogP contribution in [0.1, 0.15) is 194 Å². The van der Waals surface area contributed by atoms with Gasteiger partial charge in [0.1, 0.15) is 0 Å². The van der Waals surface area contributed by atoms with Crippen molar-refractivity contribution in [2.45, 2.75) is 206 Å². The summed E-state index contributed by atoms with van der Waals surface area (Å²) >= 11 is 0. The van der Waals surface area contributed by atoms with Crippen molar-refractivity contribution in [3.8, 4) is 0 Å². The lowest BCUT2D eigenvalue weighted by molar-refractivity contribution is -0.127. The van der Waals surface area contributed by atoms with Gasteiger partial charge in [0.05, 0.1) is 12.7 Å². The summed E-state index contributed by atoms with van der Waals surface area (Å²) in [6.07, 6.45) is 33.6. The number of amides is 2. The molecule has 3 N–H and O–H groups in total. The van der Waals surface area contributed by atoms with Gasteiger partial charge in [0, 0.05) is 31.7 Å². The third-order valence-electron chi connectivity index (χ3n) is 9.73. The molecule has 1 aliphatic rings. The molecule has 1 saturated carbocycles. The highest BCUT2D eigenvalue weighted by atomic mass is 16.5. The number of rotatable bonds is 33. The van der Waals surface area contributed by atoms with Crippen LogP contribution in [0.5, 0.6) is 0 Å². The SMILES string of the molecule is CCCCCCCCCCCCCCOCC(CNC(=O)C1CCC(NC(=O)O)CC1)OCCCCCCCCCCCCCC. The van der Waals surface area contributed by atoms with Crippen molar-refractivity contribution in [2.24, 2.45) is 5.92 Å². The summed E-state index contributed by atoms with van der Waals surface area (Å²) in [4.78, 5) is 23.8. The van der Waals surface area contributed by atoms with Gasteiger partial charge in [-0.2, -0.15) is 0 Å². The number of hydrogen-bond acceptors (Lipinski definition) is 4. The molecule has 1 rings (SSSR count). The van der Waals surface area contributed by atoms with E-state index in [9.17, 15) is 9.59 Å². The van der Waals surface area contributed by atoms with Gasteiger partial charge in [0.15, 0.2) is 0 Å². The average Bonchev–Trinajstić information content (AvgIpc) is 3.05. The van der Waals surface area contributed by atoms with Gasteiger partial charge >= 0.3 is 6.09 Å². The molecular weight excluding hydrogens is 576 g/mol. The van der Waals surface area contributed by atoms with E-state index in [1.807, 2.05) is 0 Å². The van der Waals surface area contributed by atoms with Crippen LogP contribution in [0, 0.1) is 5.92 Å². The molecule has 0 saturated heterocycles. The summed E-state index contributed by atoms with van der Waals surface area (Å²) < 4.78 is 12.3. The molecule has 46 heavy (non-hydrogen) atoms. The summed E-state index contributed by atoms with van der Waals surface area (Å²) in [5, 5.41) is 14.6. The minimum Gasteiger partial charge on any atom is -0.465 e. The van der Waals surface area contributed by atoms with Crippen LogP contribution in [-0.2, 0) is 14.3 Å². The fraction of sp³-hybridized carbons (Fsp3) is 0.949. The van der Waals surface area contributed by atoms with Gasteiger partial charge in [-0.1, -0.05) is 155 Å². The third kappa shape index (κ3) is 26.7. The standard InChI is InChI=1S/C39H76N2O5/c1-3-5-7-9-11-13-15-17-19-21-23-25-31-45-34-37(33-40-38(42)35-27-29-36(30-28-35)41-39(43)44)46-32-26-24-22-20-18-16-14-12-10-8-6-4-2/h35-37,41H,3-34H2,1-2H3,(H,40,42)(H,43,44). The molecule has 0 bridgehead atoms. The summed E-state index contributed by atoms with van der Waals surface area (Å²) in [6.45, 7) is 7.01. The molecule has 1 atom stereocenters. The van der Waals surface area contributed by atoms with E-state index in [4.69, 9.17) is 14.6 Å². The second-order valence-electron chi connectivity index (χ2n) is 14.1. The zero-order chi connectivity index (χ0) is 33.3. The lowest BCUT2D eigenvalue weighted by Gasteiger charge is -2.28. The number of nitrogens with one attached hydrogen (secondary N) is 2. The molecule has 0 heterocycles. The highest BCUT2D eigenvalue weighted by Crippen LogP contribution is 2.24. The molecule has 0 aromatic heterocycles. The first-order chi connectivity index (χ1) is 22.6. The lowest BCUT2D eigenvalue weighted by Crippen LogP contribution is -2.43. The smallest absolute Gasteiger partial charge is 0.404 e. The van der Waals surface area contributed by atoms with Crippen molar-refractivity contribution < 1.29 is 24.2 Å². The lowest BCUT2D eigenvalue weighted by atomic mass is 9.85. The van der Waals surface area contributed by atoms with Gasteiger partial charge in [-0.3, -0.25) is 4.79 Å². The monoisotopic (exact) mass is 653 g/mol. The van der Waals surface area contributed by atoms with Gasteiger partial charge in [0.25, 0.3) is 0 Å². The molecule has 1 fully saturated rings. The molecule has 1 unspecified atom stereocenters. The highest BCUT2D eigenvalue weighted by molar-refractivity contribution is 5.78. The van der Waals surface area contributed by atoms with Crippen LogP contribution < -0.4 is 10.6 Å². The molecule has 0 spiro atoms. The quantitative estimate of drug-likeness (QED) is 0.0613. The number of carbonyl (C=O) groups excluding carboxylic acids is 1. The van der Waals surface area contributed by atoms with Gasteiger partial charge in [-0.05, 0) is 38.5 Å². The van der Waals surface area contributed by atoms with E-state index >= 15 is 0 Å². The van der Waals surface area contributed by atoms with E-state index in [1.54, 1.807) is 0 Å². The second kappa shape index (κ2) is 32.2. The van der Waals surface area contributed by atoms with Crippen LogP contribution in [0.25, 0.3) is 0 Å². The van der Waals surface area contributed by atoms with Gasteiger partial charge in [-0.15, -0.1) is 0 Å². The van der Waals surface area contributed by atoms with Gasteiger partial charge in [0.2, 0.25) is 5.91 Å². The van der Waals surface area contributed by atoms with Crippen molar-refractivity contribution >= 4 is 12.0 Å². The molecule has 272 valence electrons. The Hall–Kier alpha value is -1.34. The molecule has 1 aliphatic carbocycles. The average molecular weight is 653 g/mol. The van der Waals surface area contributed by atoms with Gasteiger partial charge in [-0.25, -0.2) is 4.79 Å². The Morgan fingerprint density at radius 2 is 1.02 bits per heavy atom. The molecule has 2 amide bonds. The van der Waals surface area contributed by atoms with Crippen LogP contribution >= 0.6 is 0 Å². The van der Waals surface area contributed by atoms with Crippen LogP contribution in [-0.4, -0.2) is 55.6 Å². The van der Waals surface area contributed by atoms with E-state index in [0.29, 0.717) is 32.6 Å². The fourth-order valence-corrected chi connectivity index (χ4v) is 6.65. The molecule has 0 aromatic rings. The first-order valence-corrected chi connectivity index (χ1v) is 20.0. The predicted octanol–water partition coefficient (Wildman–Crippen LogP) is 10.7. The number of hydrogen-bond donors (Lipinski definition) is 3. The molecule has 7 heteroatoms. The Kier molecular flexibility index (Phi) is 29.9. The number of carboxylic acid groups (broad SMARTS) is 1. The Balaban J connectivity index is 2.21. The Bertz CT molecular complexity index is 683. The van der Waals surface area contributed by atoms with Crippen LogP contribution in [0.15, 0.2) is 0 Å². The normalized spacial score (nSPS) is 17.2. The summed E-state index contributed by atoms with van der Waals surface area (Å²) in [5.74, 6) is 0.0134. The number of carbonyl (C=O) groups is 2. The first-order valence-electron chi connectivity index (χ1n) is 20.0. The van der Waals surface area contributed by atoms with Crippen molar-refractivity contribution in [3.05, 3.63) is 0 Å². The summed E-state index contributed by atoms with van der Waals surface area (Å²) in [5.41, 5.74) is 0. The van der Waals surface area contributed by atoms with E-state index < -0.39 is 6.09 Å². The van der Waals surface area contributed by atoms with Crippen molar-refractivity contribution in [3.63, 3.8) is 0 Å². The zero-order valence-electron chi connectivity index (χ0n) is 30.4. The summed E-state index contributed by atoms with van der Waals surface area (Å²) in [7, 11) is 0. The maximum absolute atomic E-state index is 12.9.